The molecule has 0 aliphatic carbocycles. The second-order valence-corrected chi connectivity index (χ2v) is 19.4. The van der Waals surface area contributed by atoms with Crippen LogP contribution >= 0.6 is 0 Å². The molecule has 11 aromatic carbocycles. The Hall–Kier alpha value is -8.60. The van der Waals surface area contributed by atoms with E-state index in [1.807, 2.05) is 0 Å². The van der Waals surface area contributed by atoms with Crippen LogP contribution in [0.4, 0.5) is 34.1 Å². The predicted octanol–water partition coefficient (Wildman–Crippen LogP) is 19.2. The molecule has 0 aliphatic rings. The van der Waals surface area contributed by atoms with Crippen LogP contribution in [0.25, 0.3) is 82.1 Å². The van der Waals surface area contributed by atoms with Crippen LogP contribution < -0.4 is 14.7 Å². The number of rotatable bonds is 15. The molecule has 4 heteroatoms. The number of anilines is 6. The zero-order valence-corrected chi connectivity index (χ0v) is 42.0. The summed E-state index contributed by atoms with van der Waals surface area (Å²) in [5.41, 5.74) is 15.6. The van der Waals surface area contributed by atoms with Crippen molar-refractivity contribution in [2.45, 2.75) is 40.0 Å². The largest absolute Gasteiger partial charge is 0.341 e. The number of benzene rings is 11. The lowest BCUT2D eigenvalue weighted by atomic mass is 9.99. The standard InChI is InChI=1S/C69H60N4/c1-4-44-70(65-25-13-19-51-16-7-10-22-60(51)65)56-34-28-49(29-35-56)54-32-42-68-63(47-54)64-48-55(50-30-36-57(37-31-50)71(45-5-2)66-26-14-20-52-17-8-11-23-61(52)66)33-43-69(64)73(68)59-40-38-58(39-41-59)72(46-6-3)67-27-15-21-53-18-9-12-24-62(53)67/h7-43,47-48H,4-6,44-46H2,1-3H3. The summed E-state index contributed by atoms with van der Waals surface area (Å²) in [6.07, 6.45) is 3.13. The highest BCUT2D eigenvalue weighted by atomic mass is 15.1. The van der Waals surface area contributed by atoms with Gasteiger partial charge in [-0.15, -0.1) is 0 Å². The van der Waals surface area contributed by atoms with E-state index in [1.54, 1.807) is 0 Å². The van der Waals surface area contributed by atoms with E-state index in [-0.39, 0.29) is 0 Å². The van der Waals surface area contributed by atoms with Crippen molar-refractivity contribution in [3.05, 3.63) is 237 Å². The van der Waals surface area contributed by atoms with Crippen molar-refractivity contribution in [1.82, 2.24) is 4.57 Å². The lowest BCUT2D eigenvalue weighted by Crippen LogP contribution is -2.18. The first kappa shape index (κ1) is 45.5. The maximum absolute atomic E-state index is 2.47. The molecule has 0 spiro atoms. The summed E-state index contributed by atoms with van der Waals surface area (Å²) >= 11 is 0. The highest BCUT2D eigenvalue weighted by Gasteiger charge is 2.19. The summed E-state index contributed by atoms with van der Waals surface area (Å²) in [5.74, 6) is 0. The van der Waals surface area contributed by atoms with E-state index in [0.717, 1.165) is 44.6 Å². The lowest BCUT2D eigenvalue weighted by Gasteiger charge is -2.26. The van der Waals surface area contributed by atoms with Crippen molar-refractivity contribution in [3.8, 4) is 27.9 Å². The Balaban J connectivity index is 0.945. The third-order valence-corrected chi connectivity index (χ3v) is 14.7. The molecule has 1 heterocycles. The fraction of sp³-hybridized carbons (Fsp3) is 0.130. The SMILES string of the molecule is CCCN(c1ccc(-c2ccc3c(c2)c2cc(-c4ccc(N(CCC)c5cccc6ccccc56)cc4)ccc2n3-c2ccc(N(CCC)c3cccc4ccccc34)cc2)cc1)c1cccc2ccccc12. The van der Waals surface area contributed by atoms with Crippen molar-refractivity contribution in [2.75, 3.05) is 34.3 Å². The van der Waals surface area contributed by atoms with Gasteiger partial charge in [-0.3, -0.25) is 0 Å². The lowest BCUT2D eigenvalue weighted by molar-refractivity contribution is 0.888. The maximum Gasteiger partial charge on any atom is 0.0541 e. The van der Waals surface area contributed by atoms with Crippen molar-refractivity contribution in [1.29, 1.82) is 0 Å². The average molecular weight is 945 g/mol. The molecule has 12 aromatic rings. The summed E-state index contributed by atoms with van der Waals surface area (Å²) in [4.78, 5) is 7.41. The van der Waals surface area contributed by atoms with Crippen LogP contribution in [0.2, 0.25) is 0 Å². The Morgan fingerprint density at radius 1 is 0.288 bits per heavy atom. The van der Waals surface area contributed by atoms with Crippen molar-refractivity contribution in [3.63, 3.8) is 0 Å². The highest BCUT2D eigenvalue weighted by Crippen LogP contribution is 2.41. The van der Waals surface area contributed by atoms with Gasteiger partial charge in [-0.05, 0) is 149 Å². The quantitative estimate of drug-likeness (QED) is 0.102. The van der Waals surface area contributed by atoms with E-state index in [2.05, 4.69) is 277 Å². The van der Waals surface area contributed by atoms with E-state index < -0.39 is 0 Å². The van der Waals surface area contributed by atoms with Crippen LogP contribution in [-0.4, -0.2) is 24.2 Å². The van der Waals surface area contributed by atoms with Crippen molar-refractivity contribution < 1.29 is 0 Å². The molecule has 73 heavy (non-hydrogen) atoms. The molecule has 4 nitrogen and oxygen atoms in total. The molecule has 12 rings (SSSR count). The van der Waals surface area contributed by atoms with Gasteiger partial charge in [-0.2, -0.15) is 0 Å². The summed E-state index contributed by atoms with van der Waals surface area (Å²) in [5, 5.41) is 10.1. The third-order valence-electron chi connectivity index (χ3n) is 14.7. The van der Waals surface area contributed by atoms with Gasteiger partial charge in [-0.25, -0.2) is 0 Å². The first-order chi connectivity index (χ1) is 36.1. The Labute approximate surface area is 429 Å². The van der Waals surface area contributed by atoms with Crippen LogP contribution in [0.3, 0.4) is 0 Å². The zero-order valence-electron chi connectivity index (χ0n) is 42.0. The highest BCUT2D eigenvalue weighted by molar-refractivity contribution is 6.12. The molecule has 356 valence electrons. The molecule has 0 atom stereocenters. The fourth-order valence-electron chi connectivity index (χ4n) is 11.3. The second-order valence-electron chi connectivity index (χ2n) is 19.4. The molecule has 0 saturated carbocycles. The van der Waals surface area contributed by atoms with Gasteiger partial charge in [0.2, 0.25) is 0 Å². The van der Waals surface area contributed by atoms with Gasteiger partial charge >= 0.3 is 0 Å². The summed E-state index contributed by atoms with van der Waals surface area (Å²) < 4.78 is 2.45. The van der Waals surface area contributed by atoms with Gasteiger partial charge in [0.05, 0.1) is 11.0 Å². The smallest absolute Gasteiger partial charge is 0.0541 e. The molecule has 0 bridgehead atoms. The van der Waals surface area contributed by atoms with Gasteiger partial charge in [0.15, 0.2) is 0 Å². The summed E-state index contributed by atoms with van der Waals surface area (Å²) in [6, 6.07) is 87.7. The molecule has 0 amide bonds. The van der Waals surface area contributed by atoms with Crippen molar-refractivity contribution >= 4 is 88.2 Å². The molecule has 0 N–H and O–H groups in total. The minimum absolute atomic E-state index is 0.926. The molecule has 0 radical (unpaired) electrons. The van der Waals surface area contributed by atoms with E-state index in [9.17, 15) is 0 Å². The van der Waals surface area contributed by atoms with E-state index >= 15 is 0 Å². The fourth-order valence-corrected chi connectivity index (χ4v) is 11.3. The number of fused-ring (bicyclic) bond motifs is 6. The monoisotopic (exact) mass is 944 g/mol. The number of nitrogens with zero attached hydrogens (tertiary/aromatic N) is 4. The first-order valence-electron chi connectivity index (χ1n) is 26.2. The number of hydrogen-bond donors (Lipinski definition) is 0. The summed E-state index contributed by atoms with van der Waals surface area (Å²) in [6.45, 7) is 9.58. The van der Waals surface area contributed by atoms with Crippen LogP contribution in [0.15, 0.2) is 237 Å². The van der Waals surface area contributed by atoms with Crippen LogP contribution in [0.5, 0.6) is 0 Å². The van der Waals surface area contributed by atoms with Crippen LogP contribution in [0, 0.1) is 0 Å². The van der Waals surface area contributed by atoms with E-state index in [1.165, 1.54) is 111 Å². The Bertz CT molecular complexity index is 3700. The van der Waals surface area contributed by atoms with E-state index in [4.69, 9.17) is 0 Å². The van der Waals surface area contributed by atoms with Crippen LogP contribution in [-0.2, 0) is 0 Å². The zero-order chi connectivity index (χ0) is 49.3. The van der Waals surface area contributed by atoms with E-state index in [0.29, 0.717) is 0 Å². The first-order valence-corrected chi connectivity index (χ1v) is 26.2. The Morgan fingerprint density at radius 3 is 0.959 bits per heavy atom. The number of aromatic nitrogens is 1. The Kier molecular flexibility index (Phi) is 12.4. The Morgan fingerprint density at radius 2 is 0.603 bits per heavy atom. The van der Waals surface area contributed by atoms with Gasteiger partial charge in [0, 0.05) is 86.4 Å². The average Bonchev–Trinajstić information content (AvgIpc) is 3.78. The maximum atomic E-state index is 2.47. The predicted molar refractivity (Wildman–Crippen MR) is 315 cm³/mol. The van der Waals surface area contributed by atoms with Gasteiger partial charge in [0.25, 0.3) is 0 Å². The molecule has 1 aromatic heterocycles. The molecule has 0 fully saturated rings. The molecule has 0 saturated heterocycles. The minimum Gasteiger partial charge on any atom is -0.341 e. The normalized spacial score (nSPS) is 11.5. The van der Waals surface area contributed by atoms with Crippen molar-refractivity contribution in [2.24, 2.45) is 0 Å². The molecular formula is C69H60N4. The van der Waals surface area contributed by atoms with Gasteiger partial charge < -0.3 is 19.3 Å². The van der Waals surface area contributed by atoms with Crippen LogP contribution in [0.1, 0.15) is 40.0 Å². The summed E-state index contributed by atoms with van der Waals surface area (Å²) in [7, 11) is 0. The second kappa shape index (κ2) is 19.9. The molecule has 0 aliphatic heterocycles. The topological polar surface area (TPSA) is 14.7 Å². The van der Waals surface area contributed by atoms with Gasteiger partial charge in [0.1, 0.15) is 0 Å². The molecule has 0 unspecified atom stereocenters. The minimum atomic E-state index is 0.926. The van der Waals surface area contributed by atoms with Gasteiger partial charge in [-0.1, -0.05) is 166 Å². The number of hydrogen-bond acceptors (Lipinski definition) is 3. The molecular weight excluding hydrogens is 885 g/mol. The third kappa shape index (κ3) is 8.53.